The molecular weight excluding hydrogens is 575 g/mol. The fourth-order valence-corrected chi connectivity index (χ4v) is 5.42. The molecule has 4 aromatic rings. The van der Waals surface area contributed by atoms with Crippen molar-refractivity contribution in [1.82, 2.24) is 19.7 Å². The number of carbonyl (C=O) groups is 1. The smallest absolute Gasteiger partial charge is 0.408 e. The number of hydrogen-bond donors (Lipinski definition) is 3. The number of nitrogens with zero attached hydrogens (tertiary/aromatic N) is 5. The van der Waals surface area contributed by atoms with E-state index in [2.05, 4.69) is 19.9 Å². The minimum Gasteiger partial charge on any atom is -0.408 e. The van der Waals surface area contributed by atoms with Gasteiger partial charge in [0.1, 0.15) is 5.56 Å². The summed E-state index contributed by atoms with van der Waals surface area (Å²) in [5, 5.41) is 18.2. The van der Waals surface area contributed by atoms with Crippen molar-refractivity contribution in [2.24, 2.45) is 22.3 Å². The van der Waals surface area contributed by atoms with Gasteiger partial charge in [0, 0.05) is 47.9 Å². The maximum Gasteiger partial charge on any atom is 0.416 e. The molecule has 15 heteroatoms. The second kappa shape index (κ2) is 11.5. The Morgan fingerprint density at radius 1 is 1.14 bits per heavy atom. The van der Waals surface area contributed by atoms with Crippen LogP contribution < -0.4 is 16.6 Å². The topological polar surface area (TPSA) is 157 Å². The largest absolute Gasteiger partial charge is 0.416 e. The molecule has 4 rings (SSSR count). The summed E-state index contributed by atoms with van der Waals surface area (Å²) in [5.74, 6) is -1.30. The van der Waals surface area contributed by atoms with Crippen LogP contribution in [0.4, 0.5) is 13.2 Å². The Bertz CT molecular complexity index is 1870. The fraction of sp³-hybridized carbons (Fsp3) is 0.185. The minimum absolute atomic E-state index is 0.0285. The van der Waals surface area contributed by atoms with Crippen LogP contribution in [0.2, 0.25) is 0 Å². The van der Waals surface area contributed by atoms with Crippen molar-refractivity contribution < 1.29 is 27.4 Å². The van der Waals surface area contributed by atoms with Crippen LogP contribution >= 0.6 is 0 Å². The highest BCUT2D eigenvalue weighted by molar-refractivity contribution is 7.93. The summed E-state index contributed by atoms with van der Waals surface area (Å²) in [6, 6.07) is 13.5. The predicted molar refractivity (Wildman–Crippen MR) is 150 cm³/mol. The maximum absolute atomic E-state index is 13.6. The van der Waals surface area contributed by atoms with Gasteiger partial charge in [-0.2, -0.15) is 22.6 Å². The zero-order valence-corrected chi connectivity index (χ0v) is 23.4. The number of nitrogens with two attached hydrogens (primary N) is 1. The molecule has 0 radical (unpaired) electrons. The molecule has 1 amide bonds. The van der Waals surface area contributed by atoms with Crippen LogP contribution in [0.3, 0.4) is 0 Å². The molecule has 0 saturated carbocycles. The first kappa shape index (κ1) is 30.0. The molecular formula is C27H26F3N7O4S. The number of alkyl halides is 3. The molecule has 0 aliphatic heterocycles. The molecule has 220 valence electrons. The van der Waals surface area contributed by atoms with Crippen molar-refractivity contribution in [1.29, 1.82) is 0 Å². The van der Waals surface area contributed by atoms with Gasteiger partial charge in [0.05, 0.1) is 21.0 Å². The average molecular weight is 602 g/mol. The summed E-state index contributed by atoms with van der Waals surface area (Å²) in [5.41, 5.74) is 5.11. The zero-order valence-electron chi connectivity index (χ0n) is 22.6. The number of rotatable bonds is 6. The van der Waals surface area contributed by atoms with Crippen molar-refractivity contribution in [3.63, 3.8) is 0 Å². The third-order valence-corrected chi connectivity index (χ3v) is 8.09. The molecule has 1 atom stereocenters. The van der Waals surface area contributed by atoms with Gasteiger partial charge in [-0.3, -0.25) is 18.8 Å². The van der Waals surface area contributed by atoms with Gasteiger partial charge in [-0.25, -0.2) is 4.21 Å². The Morgan fingerprint density at radius 2 is 1.83 bits per heavy atom. The Kier molecular flexibility index (Phi) is 8.24. The van der Waals surface area contributed by atoms with Crippen LogP contribution in [0.5, 0.6) is 0 Å². The summed E-state index contributed by atoms with van der Waals surface area (Å²) in [7, 11) is -1.34. The Labute approximate surface area is 238 Å². The van der Waals surface area contributed by atoms with Crippen molar-refractivity contribution in [2.75, 3.05) is 6.26 Å². The highest BCUT2D eigenvalue weighted by Crippen LogP contribution is 2.31. The number of aryl methyl sites for hydroxylation is 1. The number of nitrogens with one attached hydrogen (secondary N) is 1. The molecule has 0 saturated heterocycles. The molecule has 0 bridgehead atoms. The van der Waals surface area contributed by atoms with Gasteiger partial charge in [0.2, 0.25) is 0 Å². The number of hydrogen-bond acceptors (Lipinski definition) is 6. The van der Waals surface area contributed by atoms with Crippen LogP contribution in [0.1, 0.15) is 27.2 Å². The van der Waals surface area contributed by atoms with E-state index < -0.39 is 38.9 Å². The molecule has 2 heterocycles. The van der Waals surface area contributed by atoms with E-state index in [0.29, 0.717) is 27.4 Å². The molecule has 0 aliphatic carbocycles. The van der Waals surface area contributed by atoms with E-state index in [0.717, 1.165) is 16.7 Å². The van der Waals surface area contributed by atoms with Crippen LogP contribution in [0, 0.1) is 6.92 Å². The molecule has 2 aromatic heterocycles. The van der Waals surface area contributed by atoms with Crippen molar-refractivity contribution in [3.05, 3.63) is 99.6 Å². The second-order valence-electron chi connectivity index (χ2n) is 9.26. The van der Waals surface area contributed by atoms with Gasteiger partial charge in [-0.15, -0.1) is 0 Å². The van der Waals surface area contributed by atoms with Gasteiger partial charge >= 0.3 is 6.18 Å². The second-order valence-corrected chi connectivity index (χ2v) is 11.5. The highest BCUT2D eigenvalue weighted by atomic mass is 32.2. The molecule has 2 aromatic carbocycles. The number of pyridine rings is 1. The van der Waals surface area contributed by atoms with Gasteiger partial charge in [0.15, 0.2) is 0 Å². The molecule has 4 N–H and O–H groups in total. The van der Waals surface area contributed by atoms with E-state index in [1.54, 1.807) is 32.2 Å². The number of aromatic nitrogens is 3. The lowest BCUT2D eigenvalue weighted by molar-refractivity contribution is -0.137. The average Bonchev–Trinajstić information content (AvgIpc) is 3.37. The number of halogens is 3. The summed E-state index contributed by atoms with van der Waals surface area (Å²) in [4.78, 5) is 27.2. The Morgan fingerprint density at radius 3 is 2.43 bits per heavy atom. The zero-order chi connectivity index (χ0) is 30.8. The van der Waals surface area contributed by atoms with E-state index in [4.69, 9.17) is 10.9 Å². The quantitative estimate of drug-likeness (QED) is 0.133. The van der Waals surface area contributed by atoms with E-state index in [9.17, 15) is 27.0 Å². The highest BCUT2D eigenvalue weighted by Gasteiger charge is 2.31. The third kappa shape index (κ3) is 6.20. The Hall–Kier alpha value is -4.92. The maximum atomic E-state index is 13.6. The van der Waals surface area contributed by atoms with E-state index in [1.807, 2.05) is 0 Å². The van der Waals surface area contributed by atoms with Crippen LogP contribution in [-0.2, 0) is 29.5 Å². The lowest BCUT2D eigenvalue weighted by Gasteiger charge is -2.18. The minimum atomic E-state index is -4.64. The predicted octanol–water partition coefficient (Wildman–Crippen LogP) is 3.66. The summed E-state index contributed by atoms with van der Waals surface area (Å²) in [6.07, 6.45) is -1.81. The lowest BCUT2D eigenvalue weighted by atomic mass is 10.1. The number of carbonyl (C=O) groups excluding carboxylic acids is 1. The Balaban J connectivity index is 1.72. The SMILES string of the molecule is Cc1c(-c2ccnn2C)cc(C(=O)NCc2ccc(S(C)(=O)=N/C(N)=N/O)cc2)c(=O)n1-c1cccc(C(F)(F)F)c1. The van der Waals surface area contributed by atoms with Gasteiger partial charge in [-0.1, -0.05) is 18.2 Å². The molecule has 0 fully saturated rings. The fourth-order valence-electron chi connectivity index (χ4n) is 4.28. The van der Waals surface area contributed by atoms with Crippen LogP contribution in [0.25, 0.3) is 16.9 Å². The molecule has 11 nitrogen and oxygen atoms in total. The van der Waals surface area contributed by atoms with Gasteiger partial charge in [0.25, 0.3) is 17.4 Å². The lowest BCUT2D eigenvalue weighted by Crippen LogP contribution is -2.33. The summed E-state index contributed by atoms with van der Waals surface area (Å²) in [6.45, 7) is 1.55. The number of amides is 1. The van der Waals surface area contributed by atoms with Crippen LogP contribution in [0.15, 0.2) is 86.1 Å². The number of guanidine groups is 1. The first-order chi connectivity index (χ1) is 19.7. The first-order valence-corrected chi connectivity index (χ1v) is 14.1. The van der Waals surface area contributed by atoms with Gasteiger partial charge in [-0.05, 0) is 60.1 Å². The van der Waals surface area contributed by atoms with E-state index in [1.165, 1.54) is 47.5 Å². The standard InChI is InChI=1S/C27H26F3N7O4S/c1-16-21(23-11-12-33-36(23)2)14-22(25(39)37(16)19-6-4-5-18(13-19)27(28,29)30)24(38)32-15-17-7-9-20(10-8-17)42(3,41)35-26(31)34-40/h4-14,40H,15H2,1-3H3,(H2,31,34)(H,32,38). The van der Waals surface area contributed by atoms with Gasteiger partial charge < -0.3 is 16.3 Å². The van der Waals surface area contributed by atoms with Crippen molar-refractivity contribution >= 4 is 21.6 Å². The molecule has 0 spiro atoms. The molecule has 0 aliphatic rings. The molecule has 42 heavy (non-hydrogen) atoms. The monoisotopic (exact) mass is 601 g/mol. The van der Waals surface area contributed by atoms with Crippen molar-refractivity contribution in [2.45, 2.75) is 24.5 Å². The van der Waals surface area contributed by atoms with Crippen LogP contribution in [-0.4, -0.2) is 41.9 Å². The first-order valence-electron chi connectivity index (χ1n) is 12.2. The van der Waals surface area contributed by atoms with E-state index >= 15 is 0 Å². The number of oxime groups is 1. The van der Waals surface area contributed by atoms with Crippen molar-refractivity contribution in [3.8, 4) is 16.9 Å². The number of benzene rings is 2. The third-order valence-electron chi connectivity index (χ3n) is 6.40. The van der Waals surface area contributed by atoms with E-state index in [-0.39, 0.29) is 17.8 Å². The summed E-state index contributed by atoms with van der Waals surface area (Å²) < 4.78 is 59.4. The summed E-state index contributed by atoms with van der Waals surface area (Å²) >= 11 is 0. The normalized spacial score (nSPS) is 13.4. The molecule has 1 unspecified atom stereocenters.